The van der Waals surface area contributed by atoms with Crippen molar-refractivity contribution >= 4 is 7.60 Å². The van der Waals surface area contributed by atoms with Crippen LogP contribution in [0.15, 0.2) is 30.3 Å². The molecule has 0 amide bonds. The largest absolute Gasteiger partial charge is 0.380 e. The van der Waals surface area contributed by atoms with E-state index in [0.717, 1.165) is 5.56 Å². The number of aliphatic hydroxyl groups is 1. The molecule has 108 valence electrons. The van der Waals surface area contributed by atoms with E-state index in [2.05, 4.69) is 0 Å². The minimum Gasteiger partial charge on any atom is -0.380 e. The Hall–Kier alpha value is -0.670. The molecule has 0 heterocycles. The van der Waals surface area contributed by atoms with Crippen molar-refractivity contribution in [2.45, 2.75) is 52.2 Å². The quantitative estimate of drug-likeness (QED) is 0.778. The summed E-state index contributed by atoms with van der Waals surface area (Å²) in [7, 11) is -3.53. The molecule has 1 N–H and O–H groups in total. The van der Waals surface area contributed by atoms with Crippen molar-refractivity contribution in [3.05, 3.63) is 35.9 Å². The molecule has 0 fully saturated rings. The van der Waals surface area contributed by atoms with Gasteiger partial charge >= 0.3 is 7.60 Å². The zero-order valence-corrected chi connectivity index (χ0v) is 12.8. The normalized spacial score (nSPS) is 14.1. The van der Waals surface area contributed by atoms with Crippen LogP contribution in [0.1, 0.15) is 33.3 Å². The minimum atomic E-state index is -3.53. The van der Waals surface area contributed by atoms with Crippen molar-refractivity contribution in [1.29, 1.82) is 0 Å². The molecule has 1 aromatic carbocycles. The summed E-state index contributed by atoms with van der Waals surface area (Å²) in [4.78, 5) is 0. The third kappa shape index (κ3) is 5.45. The Labute approximate surface area is 115 Å². The zero-order valence-electron chi connectivity index (χ0n) is 11.9. The lowest BCUT2D eigenvalue weighted by Gasteiger charge is -2.26. The number of rotatable bonds is 7. The lowest BCUT2D eigenvalue weighted by atomic mass is 10.2. The van der Waals surface area contributed by atoms with Gasteiger partial charge in [0.15, 0.2) is 5.85 Å². The van der Waals surface area contributed by atoms with Crippen LogP contribution in [0.25, 0.3) is 0 Å². The van der Waals surface area contributed by atoms with E-state index in [0.29, 0.717) is 0 Å². The van der Waals surface area contributed by atoms with Crippen LogP contribution in [0.3, 0.4) is 0 Å². The van der Waals surface area contributed by atoms with Gasteiger partial charge in [-0.05, 0) is 33.3 Å². The third-order valence-corrected chi connectivity index (χ3v) is 4.69. The van der Waals surface area contributed by atoms with Crippen LogP contribution in [0.2, 0.25) is 0 Å². The van der Waals surface area contributed by atoms with E-state index >= 15 is 0 Å². The summed E-state index contributed by atoms with van der Waals surface area (Å²) in [5.74, 6) is -1.15. The van der Waals surface area contributed by atoms with Crippen molar-refractivity contribution in [3.8, 4) is 0 Å². The predicted molar refractivity (Wildman–Crippen MR) is 76.2 cm³/mol. The molecule has 0 radical (unpaired) electrons. The van der Waals surface area contributed by atoms with Crippen molar-refractivity contribution in [2.75, 3.05) is 0 Å². The zero-order chi connectivity index (χ0) is 14.5. The molecule has 0 saturated carbocycles. The highest BCUT2D eigenvalue weighted by Gasteiger charge is 2.36. The second kappa shape index (κ2) is 7.20. The first-order chi connectivity index (χ1) is 8.83. The van der Waals surface area contributed by atoms with Crippen LogP contribution in [-0.4, -0.2) is 23.2 Å². The van der Waals surface area contributed by atoms with Crippen LogP contribution in [0, 0.1) is 0 Å². The van der Waals surface area contributed by atoms with Gasteiger partial charge in [0.1, 0.15) is 0 Å². The maximum absolute atomic E-state index is 12.6. The molecule has 1 rings (SSSR count). The van der Waals surface area contributed by atoms with Crippen LogP contribution >= 0.6 is 7.60 Å². The maximum Gasteiger partial charge on any atom is 0.359 e. The van der Waals surface area contributed by atoms with E-state index in [1.807, 2.05) is 30.3 Å². The molecular weight excluding hydrogens is 263 g/mol. The Morgan fingerprint density at radius 3 is 1.95 bits per heavy atom. The second-order valence-corrected chi connectivity index (χ2v) is 7.12. The summed E-state index contributed by atoms with van der Waals surface area (Å²) in [5, 5.41) is 10.2. The Balaban J connectivity index is 2.82. The van der Waals surface area contributed by atoms with Crippen LogP contribution in [0.5, 0.6) is 0 Å². The van der Waals surface area contributed by atoms with E-state index < -0.39 is 13.4 Å². The summed E-state index contributed by atoms with van der Waals surface area (Å²) in [5.41, 5.74) is 0.898. The second-order valence-electron chi connectivity index (χ2n) is 5.02. The van der Waals surface area contributed by atoms with Crippen LogP contribution in [-0.2, 0) is 20.0 Å². The number of aliphatic hydroxyl groups excluding tert-OH is 1. The van der Waals surface area contributed by atoms with Gasteiger partial charge in [0.2, 0.25) is 0 Å². The smallest absolute Gasteiger partial charge is 0.359 e. The molecule has 1 aromatic rings. The van der Waals surface area contributed by atoms with Gasteiger partial charge in [0, 0.05) is 6.42 Å². The fourth-order valence-electron chi connectivity index (χ4n) is 1.69. The molecule has 1 atom stereocenters. The molecule has 0 aliphatic rings. The Morgan fingerprint density at radius 2 is 1.53 bits per heavy atom. The van der Waals surface area contributed by atoms with Crippen molar-refractivity contribution in [1.82, 2.24) is 0 Å². The summed E-state index contributed by atoms with van der Waals surface area (Å²) in [6, 6.07) is 9.39. The van der Waals surface area contributed by atoms with Gasteiger partial charge in [-0.1, -0.05) is 30.3 Å². The molecule has 0 aromatic heterocycles. The van der Waals surface area contributed by atoms with Crippen molar-refractivity contribution < 1.29 is 18.7 Å². The summed E-state index contributed by atoms with van der Waals surface area (Å²) in [6.45, 7) is 7.08. The number of hydrogen-bond acceptors (Lipinski definition) is 4. The van der Waals surface area contributed by atoms with Gasteiger partial charge < -0.3 is 14.2 Å². The molecule has 4 nitrogen and oxygen atoms in total. The van der Waals surface area contributed by atoms with Gasteiger partial charge in [-0.3, -0.25) is 4.57 Å². The van der Waals surface area contributed by atoms with E-state index in [1.54, 1.807) is 27.7 Å². The highest BCUT2D eigenvalue weighted by atomic mass is 31.2. The van der Waals surface area contributed by atoms with E-state index in [1.165, 1.54) is 0 Å². The molecule has 0 aliphatic carbocycles. The van der Waals surface area contributed by atoms with Crippen molar-refractivity contribution in [2.24, 2.45) is 0 Å². The molecule has 0 spiro atoms. The number of hydrogen-bond donors (Lipinski definition) is 1. The Kier molecular flexibility index (Phi) is 6.21. The first-order valence-corrected chi connectivity index (χ1v) is 8.13. The lowest BCUT2D eigenvalue weighted by Crippen LogP contribution is -2.20. The first kappa shape index (κ1) is 16.4. The standard InChI is InChI=1S/C14H23O4P/c1-11(2)17-19(16,18-12(3)4)14(15)10-13-8-6-5-7-9-13/h5-9,11-12,14-15H,10H2,1-4H3/t14-/m0/s1. The van der Waals surface area contributed by atoms with Crippen LogP contribution < -0.4 is 0 Å². The maximum atomic E-state index is 12.6. The van der Waals surface area contributed by atoms with Gasteiger partial charge in [-0.15, -0.1) is 0 Å². The van der Waals surface area contributed by atoms with Crippen LogP contribution in [0.4, 0.5) is 0 Å². The van der Waals surface area contributed by atoms with Crippen molar-refractivity contribution in [3.63, 3.8) is 0 Å². The van der Waals surface area contributed by atoms with E-state index in [4.69, 9.17) is 9.05 Å². The molecular formula is C14H23O4P. The average molecular weight is 286 g/mol. The van der Waals surface area contributed by atoms with Gasteiger partial charge in [-0.25, -0.2) is 0 Å². The predicted octanol–water partition coefficient (Wildman–Crippen LogP) is 3.59. The molecule has 0 saturated heterocycles. The van der Waals surface area contributed by atoms with Gasteiger partial charge in [0.25, 0.3) is 0 Å². The summed E-state index contributed by atoms with van der Waals surface area (Å²) in [6.07, 6.45) is -0.289. The third-order valence-electron chi connectivity index (χ3n) is 2.34. The topological polar surface area (TPSA) is 55.8 Å². The first-order valence-electron chi connectivity index (χ1n) is 6.52. The number of benzene rings is 1. The molecule has 5 heteroatoms. The molecule has 0 unspecified atom stereocenters. The van der Waals surface area contributed by atoms with E-state index in [9.17, 15) is 9.67 Å². The van der Waals surface area contributed by atoms with E-state index in [-0.39, 0.29) is 18.6 Å². The minimum absolute atomic E-state index is 0.248. The average Bonchev–Trinajstić information content (AvgIpc) is 2.27. The SMILES string of the molecule is CC(C)OP(=O)(OC(C)C)[C@H](O)Cc1ccccc1. The molecule has 0 bridgehead atoms. The fraction of sp³-hybridized carbons (Fsp3) is 0.571. The Bertz CT molecular complexity index is 403. The van der Waals surface area contributed by atoms with Gasteiger partial charge in [0.05, 0.1) is 12.2 Å². The monoisotopic (exact) mass is 286 g/mol. The summed E-state index contributed by atoms with van der Waals surface area (Å²) >= 11 is 0. The highest BCUT2D eigenvalue weighted by molar-refractivity contribution is 7.54. The molecule has 19 heavy (non-hydrogen) atoms. The lowest BCUT2D eigenvalue weighted by molar-refractivity contribution is 0.101. The fourth-order valence-corrected chi connectivity index (χ4v) is 3.63. The molecule has 0 aliphatic heterocycles. The summed E-state index contributed by atoms with van der Waals surface area (Å²) < 4.78 is 23.4. The Morgan fingerprint density at radius 1 is 1.05 bits per heavy atom. The van der Waals surface area contributed by atoms with Gasteiger partial charge in [-0.2, -0.15) is 0 Å². The highest BCUT2D eigenvalue weighted by Crippen LogP contribution is 2.54.